The van der Waals surface area contributed by atoms with Crippen LogP contribution in [-0.2, 0) is 9.53 Å². The molecular weight excluding hydrogens is 362 g/mol. The highest BCUT2D eigenvalue weighted by Gasteiger charge is 2.29. The van der Waals surface area contributed by atoms with Gasteiger partial charge in [0, 0.05) is 12.5 Å². The molecule has 0 heterocycles. The number of amides is 1. The number of aliphatic carboxylic acids is 1. The summed E-state index contributed by atoms with van der Waals surface area (Å²) in [5, 5.41) is 11.8. The number of alkyl carbamates (subject to hydrolysis) is 1. The lowest BCUT2D eigenvalue weighted by atomic mass is 9.98. The van der Waals surface area contributed by atoms with Gasteiger partial charge in [-0.05, 0) is 40.7 Å². The zero-order valence-electron chi connectivity index (χ0n) is 15.2. The fraction of sp³-hybridized carbons (Fsp3) is 0.333. The molecular formula is C21H23NO4S. The van der Waals surface area contributed by atoms with Gasteiger partial charge in [0.1, 0.15) is 6.61 Å². The van der Waals surface area contributed by atoms with Gasteiger partial charge in [-0.15, -0.1) is 0 Å². The minimum Gasteiger partial charge on any atom is -0.481 e. The number of carbonyl (C=O) groups excluding carboxylic acids is 1. The smallest absolute Gasteiger partial charge is 0.407 e. The monoisotopic (exact) mass is 385 g/mol. The minimum absolute atomic E-state index is 0.00471. The summed E-state index contributed by atoms with van der Waals surface area (Å²) in [5.74, 6) is -0.764. The van der Waals surface area contributed by atoms with Gasteiger partial charge in [0.2, 0.25) is 0 Å². The Bertz CT molecular complexity index is 778. The van der Waals surface area contributed by atoms with Crippen molar-refractivity contribution in [2.45, 2.75) is 12.3 Å². The van der Waals surface area contributed by atoms with E-state index in [0.717, 1.165) is 16.9 Å². The van der Waals surface area contributed by atoms with Gasteiger partial charge >= 0.3 is 12.1 Å². The molecule has 0 spiro atoms. The fourth-order valence-electron chi connectivity index (χ4n) is 3.43. The molecule has 1 aliphatic rings. The van der Waals surface area contributed by atoms with Crippen LogP contribution in [0.3, 0.4) is 0 Å². The zero-order valence-corrected chi connectivity index (χ0v) is 16.0. The molecule has 27 heavy (non-hydrogen) atoms. The highest BCUT2D eigenvalue weighted by molar-refractivity contribution is 7.98. The van der Waals surface area contributed by atoms with E-state index in [-0.39, 0.29) is 19.1 Å². The molecule has 3 rings (SSSR count). The van der Waals surface area contributed by atoms with Crippen molar-refractivity contribution in [1.29, 1.82) is 0 Å². The average Bonchev–Trinajstić information content (AvgIpc) is 3.00. The molecule has 0 bridgehead atoms. The lowest BCUT2D eigenvalue weighted by Gasteiger charge is -2.16. The third kappa shape index (κ3) is 4.45. The molecule has 0 aliphatic heterocycles. The van der Waals surface area contributed by atoms with Crippen LogP contribution in [0.2, 0.25) is 0 Å². The van der Waals surface area contributed by atoms with Crippen molar-refractivity contribution >= 4 is 23.8 Å². The second-order valence-electron chi connectivity index (χ2n) is 6.52. The van der Waals surface area contributed by atoms with E-state index in [1.165, 1.54) is 11.1 Å². The molecule has 2 N–H and O–H groups in total. The van der Waals surface area contributed by atoms with Gasteiger partial charge in [-0.25, -0.2) is 4.79 Å². The van der Waals surface area contributed by atoms with Crippen LogP contribution in [0, 0.1) is 5.92 Å². The molecule has 6 heteroatoms. The van der Waals surface area contributed by atoms with E-state index in [0.29, 0.717) is 6.42 Å². The van der Waals surface area contributed by atoms with Crippen LogP contribution in [-0.4, -0.2) is 42.3 Å². The van der Waals surface area contributed by atoms with Crippen molar-refractivity contribution in [3.05, 3.63) is 59.7 Å². The molecule has 0 saturated heterocycles. The van der Waals surface area contributed by atoms with Gasteiger partial charge in [0.05, 0.1) is 5.92 Å². The Morgan fingerprint density at radius 1 is 1.11 bits per heavy atom. The van der Waals surface area contributed by atoms with Crippen LogP contribution in [0.5, 0.6) is 0 Å². The maximum absolute atomic E-state index is 12.1. The maximum Gasteiger partial charge on any atom is 0.407 e. The maximum atomic E-state index is 12.1. The Morgan fingerprint density at radius 3 is 2.26 bits per heavy atom. The first-order chi connectivity index (χ1) is 13.1. The highest BCUT2D eigenvalue weighted by atomic mass is 32.2. The number of hydrogen-bond acceptors (Lipinski definition) is 4. The summed E-state index contributed by atoms with van der Waals surface area (Å²) in [6, 6.07) is 16.3. The van der Waals surface area contributed by atoms with Crippen LogP contribution < -0.4 is 5.32 Å². The molecule has 2 aromatic rings. The largest absolute Gasteiger partial charge is 0.481 e. The Kier molecular flexibility index (Phi) is 6.40. The van der Waals surface area contributed by atoms with Crippen molar-refractivity contribution < 1.29 is 19.4 Å². The lowest BCUT2D eigenvalue weighted by Crippen LogP contribution is -2.34. The molecule has 5 nitrogen and oxygen atoms in total. The summed E-state index contributed by atoms with van der Waals surface area (Å²) in [5.41, 5.74) is 4.64. The molecule has 1 atom stereocenters. The summed E-state index contributed by atoms with van der Waals surface area (Å²) >= 11 is 1.59. The number of benzene rings is 2. The van der Waals surface area contributed by atoms with Crippen molar-refractivity contribution in [1.82, 2.24) is 5.32 Å². The Hall–Kier alpha value is -2.47. The SMILES string of the molecule is CSCC[C@@H](CNC(=O)OCC1c2ccccc2-c2ccccc21)C(=O)O. The average molecular weight is 385 g/mol. The van der Waals surface area contributed by atoms with Crippen LogP contribution in [0.25, 0.3) is 11.1 Å². The number of ether oxygens (including phenoxy) is 1. The predicted molar refractivity (Wildman–Crippen MR) is 107 cm³/mol. The summed E-state index contributed by atoms with van der Waals surface area (Å²) < 4.78 is 5.43. The van der Waals surface area contributed by atoms with Gasteiger partial charge in [-0.3, -0.25) is 4.79 Å². The number of nitrogens with one attached hydrogen (secondary N) is 1. The highest BCUT2D eigenvalue weighted by Crippen LogP contribution is 2.44. The van der Waals surface area contributed by atoms with E-state index in [2.05, 4.69) is 29.6 Å². The number of hydrogen-bond donors (Lipinski definition) is 2. The Balaban J connectivity index is 1.60. The second-order valence-corrected chi connectivity index (χ2v) is 7.51. The minimum atomic E-state index is -0.900. The van der Waals surface area contributed by atoms with Crippen molar-refractivity contribution in [3.63, 3.8) is 0 Å². The first kappa shape index (κ1) is 19.3. The molecule has 0 saturated carbocycles. The molecule has 0 unspecified atom stereocenters. The van der Waals surface area contributed by atoms with Gasteiger partial charge in [0.15, 0.2) is 0 Å². The molecule has 1 aliphatic carbocycles. The Labute approximate surface area is 163 Å². The fourth-order valence-corrected chi connectivity index (χ4v) is 3.95. The summed E-state index contributed by atoms with van der Waals surface area (Å²) in [4.78, 5) is 23.4. The molecule has 0 radical (unpaired) electrons. The molecule has 142 valence electrons. The number of carboxylic acid groups (broad SMARTS) is 1. The van der Waals surface area contributed by atoms with Gasteiger partial charge in [-0.1, -0.05) is 48.5 Å². The predicted octanol–water partition coefficient (Wildman–Crippen LogP) is 3.98. The quantitative estimate of drug-likeness (QED) is 0.719. The molecule has 2 aromatic carbocycles. The lowest BCUT2D eigenvalue weighted by molar-refractivity contribution is -0.141. The molecule has 1 amide bonds. The van der Waals surface area contributed by atoms with Gasteiger partial charge in [-0.2, -0.15) is 11.8 Å². The van der Waals surface area contributed by atoms with E-state index in [1.54, 1.807) is 11.8 Å². The standard InChI is InChI=1S/C21H23NO4S/c1-27-11-10-14(20(23)24)12-22-21(25)26-13-19-17-8-4-2-6-15(17)16-7-3-5-9-18(16)19/h2-9,14,19H,10-13H2,1H3,(H,22,25)(H,23,24)/t14-/m0/s1. The first-order valence-electron chi connectivity index (χ1n) is 8.92. The summed E-state index contributed by atoms with van der Waals surface area (Å²) in [6.45, 7) is 0.301. The zero-order chi connectivity index (χ0) is 19.2. The van der Waals surface area contributed by atoms with Crippen molar-refractivity contribution in [2.75, 3.05) is 25.2 Å². The number of fused-ring (bicyclic) bond motifs is 3. The summed E-state index contributed by atoms with van der Waals surface area (Å²) in [7, 11) is 0. The van der Waals surface area contributed by atoms with E-state index >= 15 is 0 Å². The van der Waals surface area contributed by atoms with Crippen LogP contribution >= 0.6 is 11.8 Å². The summed E-state index contributed by atoms with van der Waals surface area (Å²) in [6.07, 6.45) is 1.87. The Morgan fingerprint density at radius 2 is 1.70 bits per heavy atom. The van der Waals surface area contributed by atoms with E-state index in [9.17, 15) is 14.7 Å². The number of rotatable bonds is 8. The van der Waals surface area contributed by atoms with Crippen LogP contribution in [0.1, 0.15) is 23.5 Å². The third-order valence-corrected chi connectivity index (χ3v) is 5.50. The van der Waals surface area contributed by atoms with Gasteiger partial charge < -0.3 is 15.2 Å². The van der Waals surface area contributed by atoms with Crippen molar-refractivity contribution in [2.24, 2.45) is 5.92 Å². The first-order valence-corrected chi connectivity index (χ1v) is 10.3. The topological polar surface area (TPSA) is 75.6 Å². The molecule has 0 aromatic heterocycles. The van der Waals surface area contributed by atoms with Crippen LogP contribution in [0.4, 0.5) is 4.79 Å². The van der Waals surface area contributed by atoms with Crippen LogP contribution in [0.15, 0.2) is 48.5 Å². The normalized spacial score (nSPS) is 13.5. The third-order valence-electron chi connectivity index (χ3n) is 4.86. The number of carboxylic acids is 1. The van der Waals surface area contributed by atoms with E-state index in [4.69, 9.17) is 4.74 Å². The number of carbonyl (C=O) groups is 2. The number of thioether (sulfide) groups is 1. The van der Waals surface area contributed by atoms with E-state index in [1.807, 2.05) is 30.5 Å². The molecule has 0 fully saturated rings. The van der Waals surface area contributed by atoms with E-state index < -0.39 is 18.0 Å². The second kappa shape index (κ2) is 8.95. The van der Waals surface area contributed by atoms with Gasteiger partial charge in [0.25, 0.3) is 0 Å². The van der Waals surface area contributed by atoms with Crippen molar-refractivity contribution in [3.8, 4) is 11.1 Å².